The van der Waals surface area contributed by atoms with Gasteiger partial charge in [-0.25, -0.2) is 8.78 Å². The number of nitrogens with zero attached hydrogens (tertiary/aromatic N) is 4. The van der Waals surface area contributed by atoms with Crippen LogP contribution in [-0.2, 0) is 12.0 Å². The Morgan fingerprint density at radius 3 is 1.84 bits per heavy atom. The van der Waals surface area contributed by atoms with Crippen LogP contribution in [0.2, 0.25) is 0 Å². The Morgan fingerprint density at radius 1 is 0.871 bits per heavy atom. The molecule has 164 valence electrons. The third kappa shape index (κ3) is 5.17. The van der Waals surface area contributed by atoms with Crippen molar-refractivity contribution in [2.75, 3.05) is 26.2 Å². The summed E-state index contributed by atoms with van der Waals surface area (Å²) in [6, 6.07) is 13.1. The first-order valence-corrected chi connectivity index (χ1v) is 10.6. The lowest BCUT2D eigenvalue weighted by Gasteiger charge is -2.39. The van der Waals surface area contributed by atoms with Gasteiger partial charge in [0.15, 0.2) is 5.82 Å². The Morgan fingerprint density at radius 2 is 1.39 bits per heavy atom. The van der Waals surface area contributed by atoms with E-state index < -0.39 is 0 Å². The summed E-state index contributed by atoms with van der Waals surface area (Å²) in [5.41, 5.74) is 1.85. The molecule has 5 nitrogen and oxygen atoms in total. The summed E-state index contributed by atoms with van der Waals surface area (Å²) in [6.45, 7) is 10.1. The smallest absolute Gasteiger partial charge is 0.240 e. The summed E-state index contributed by atoms with van der Waals surface area (Å²) < 4.78 is 32.4. The first kappa shape index (κ1) is 21.6. The summed E-state index contributed by atoms with van der Waals surface area (Å²) in [5.74, 6) is 0.821. The summed E-state index contributed by atoms with van der Waals surface area (Å²) in [7, 11) is 0. The monoisotopic (exact) mass is 426 g/mol. The molecular formula is C24H28F2N4O. The van der Waals surface area contributed by atoms with Crippen molar-refractivity contribution in [1.82, 2.24) is 19.9 Å². The van der Waals surface area contributed by atoms with E-state index in [1.54, 1.807) is 0 Å². The highest BCUT2D eigenvalue weighted by molar-refractivity contribution is 5.32. The molecule has 0 unspecified atom stereocenters. The van der Waals surface area contributed by atoms with Crippen molar-refractivity contribution in [3.05, 3.63) is 83.0 Å². The Balaban J connectivity index is 1.46. The van der Waals surface area contributed by atoms with Gasteiger partial charge in [0.1, 0.15) is 11.6 Å². The number of aromatic nitrogens is 2. The first-order chi connectivity index (χ1) is 14.8. The highest BCUT2D eigenvalue weighted by Gasteiger charge is 2.28. The van der Waals surface area contributed by atoms with Crippen LogP contribution < -0.4 is 0 Å². The van der Waals surface area contributed by atoms with Gasteiger partial charge in [-0.2, -0.15) is 4.98 Å². The zero-order chi connectivity index (χ0) is 22.0. The second-order valence-corrected chi connectivity index (χ2v) is 9.08. The number of halogens is 2. The Bertz CT molecular complexity index is 942. The molecule has 3 aromatic rings. The van der Waals surface area contributed by atoms with Crippen molar-refractivity contribution in [1.29, 1.82) is 0 Å². The second-order valence-electron chi connectivity index (χ2n) is 9.08. The maximum absolute atomic E-state index is 13.5. The molecule has 7 heteroatoms. The average molecular weight is 427 g/mol. The van der Waals surface area contributed by atoms with Crippen molar-refractivity contribution in [3.8, 4) is 0 Å². The molecule has 0 spiro atoms. The predicted octanol–water partition coefficient (Wildman–Crippen LogP) is 4.55. The molecule has 2 aromatic carbocycles. The highest BCUT2D eigenvalue weighted by atomic mass is 19.1. The van der Waals surface area contributed by atoms with Gasteiger partial charge >= 0.3 is 0 Å². The van der Waals surface area contributed by atoms with Crippen LogP contribution in [0, 0.1) is 11.6 Å². The third-order valence-electron chi connectivity index (χ3n) is 5.64. The summed E-state index contributed by atoms with van der Waals surface area (Å²) in [5, 5.41) is 4.11. The van der Waals surface area contributed by atoms with E-state index in [9.17, 15) is 8.78 Å². The maximum atomic E-state index is 13.5. The third-order valence-corrected chi connectivity index (χ3v) is 5.64. The molecule has 0 radical (unpaired) electrons. The largest absolute Gasteiger partial charge is 0.338 e. The van der Waals surface area contributed by atoms with Crippen molar-refractivity contribution in [2.24, 2.45) is 0 Å². The van der Waals surface area contributed by atoms with Crippen LogP contribution in [0.4, 0.5) is 8.78 Å². The molecule has 0 aliphatic carbocycles. The molecule has 1 aliphatic heterocycles. The normalized spacial score (nSPS) is 16.2. The van der Waals surface area contributed by atoms with Gasteiger partial charge in [0.05, 0.1) is 12.6 Å². The van der Waals surface area contributed by atoms with Crippen LogP contribution in [0.1, 0.15) is 49.7 Å². The number of hydrogen-bond acceptors (Lipinski definition) is 5. The lowest BCUT2D eigenvalue weighted by atomic mass is 9.96. The van der Waals surface area contributed by atoms with Gasteiger partial charge in [-0.15, -0.1) is 0 Å². The van der Waals surface area contributed by atoms with Gasteiger partial charge in [0.2, 0.25) is 5.89 Å². The van der Waals surface area contributed by atoms with Crippen molar-refractivity contribution >= 4 is 0 Å². The van der Waals surface area contributed by atoms with Gasteiger partial charge in [0, 0.05) is 31.6 Å². The molecule has 1 aliphatic rings. The zero-order valence-electron chi connectivity index (χ0n) is 18.2. The fourth-order valence-corrected chi connectivity index (χ4v) is 3.90. The molecule has 0 bridgehead atoms. The summed E-state index contributed by atoms with van der Waals surface area (Å²) >= 11 is 0. The molecule has 1 aromatic heterocycles. The van der Waals surface area contributed by atoms with Gasteiger partial charge in [0.25, 0.3) is 0 Å². The van der Waals surface area contributed by atoms with Gasteiger partial charge in [-0.1, -0.05) is 50.2 Å². The standard InChI is InChI=1S/C24H28F2N4O/c1-24(2,3)23-27-21(31-28-23)16-29-12-14-30(15-13-29)22(17-4-8-19(25)9-5-17)18-6-10-20(26)11-7-18/h4-11,22H,12-16H2,1-3H3. The van der Waals surface area contributed by atoms with E-state index in [4.69, 9.17) is 4.52 Å². The fraction of sp³-hybridized carbons (Fsp3) is 0.417. The Labute approximate surface area is 181 Å². The van der Waals surface area contributed by atoms with Crippen LogP contribution in [-0.4, -0.2) is 46.1 Å². The lowest BCUT2D eigenvalue weighted by molar-refractivity contribution is 0.0966. The predicted molar refractivity (Wildman–Crippen MR) is 114 cm³/mol. The SMILES string of the molecule is CC(C)(C)c1noc(CN2CCN(C(c3ccc(F)cc3)c3ccc(F)cc3)CC2)n1. The molecule has 4 rings (SSSR count). The van der Waals surface area contributed by atoms with Crippen LogP contribution in [0.15, 0.2) is 53.1 Å². The summed E-state index contributed by atoms with van der Waals surface area (Å²) in [6.07, 6.45) is 0. The number of benzene rings is 2. The van der Waals surface area contributed by atoms with Gasteiger partial charge < -0.3 is 4.52 Å². The maximum Gasteiger partial charge on any atom is 0.240 e. The van der Waals surface area contributed by atoms with E-state index in [2.05, 4.69) is 40.7 Å². The second kappa shape index (κ2) is 8.85. The van der Waals surface area contributed by atoms with Crippen molar-refractivity contribution in [2.45, 2.75) is 38.8 Å². The van der Waals surface area contributed by atoms with E-state index in [0.717, 1.165) is 37.3 Å². The molecule has 0 N–H and O–H groups in total. The summed E-state index contributed by atoms with van der Waals surface area (Å²) in [4.78, 5) is 9.18. The molecule has 31 heavy (non-hydrogen) atoms. The van der Waals surface area contributed by atoms with Crippen LogP contribution >= 0.6 is 0 Å². The molecule has 0 saturated carbocycles. The molecule has 2 heterocycles. The van der Waals surface area contributed by atoms with Gasteiger partial charge in [-0.3, -0.25) is 9.80 Å². The zero-order valence-corrected chi connectivity index (χ0v) is 18.2. The molecule has 0 atom stereocenters. The molecule has 0 amide bonds. The van der Waals surface area contributed by atoms with E-state index >= 15 is 0 Å². The number of rotatable bonds is 5. The van der Waals surface area contributed by atoms with Crippen LogP contribution in [0.25, 0.3) is 0 Å². The van der Waals surface area contributed by atoms with Gasteiger partial charge in [-0.05, 0) is 35.4 Å². The van der Waals surface area contributed by atoms with Crippen LogP contribution in [0.3, 0.4) is 0 Å². The molecule has 1 saturated heterocycles. The highest BCUT2D eigenvalue weighted by Crippen LogP contribution is 2.30. The fourth-order valence-electron chi connectivity index (χ4n) is 3.90. The topological polar surface area (TPSA) is 45.4 Å². The van der Waals surface area contributed by atoms with Crippen molar-refractivity contribution < 1.29 is 13.3 Å². The number of piperazine rings is 1. The van der Waals surface area contributed by atoms with Crippen LogP contribution in [0.5, 0.6) is 0 Å². The number of hydrogen-bond donors (Lipinski definition) is 0. The Hall–Kier alpha value is -2.64. The van der Waals surface area contributed by atoms with E-state index in [-0.39, 0.29) is 23.1 Å². The quantitative estimate of drug-likeness (QED) is 0.599. The van der Waals surface area contributed by atoms with Crippen molar-refractivity contribution in [3.63, 3.8) is 0 Å². The van der Waals surface area contributed by atoms with E-state index in [0.29, 0.717) is 18.3 Å². The minimum absolute atomic E-state index is 0.0563. The minimum Gasteiger partial charge on any atom is -0.338 e. The minimum atomic E-state index is -0.263. The lowest BCUT2D eigenvalue weighted by Crippen LogP contribution is -2.47. The van der Waals surface area contributed by atoms with E-state index in [1.165, 1.54) is 24.3 Å². The van der Waals surface area contributed by atoms with E-state index in [1.807, 2.05) is 24.3 Å². The molecule has 1 fully saturated rings. The first-order valence-electron chi connectivity index (χ1n) is 10.6. The molecular weight excluding hydrogens is 398 g/mol. The average Bonchev–Trinajstić information content (AvgIpc) is 3.21. The Kier molecular flexibility index (Phi) is 6.16.